The van der Waals surface area contributed by atoms with Crippen LogP contribution in [0.1, 0.15) is 39.5 Å². The van der Waals surface area contributed by atoms with Crippen molar-refractivity contribution in [3.8, 4) is 0 Å². The van der Waals surface area contributed by atoms with Gasteiger partial charge in [0.1, 0.15) is 0 Å². The normalized spacial score (nSPS) is 18.6. The van der Waals surface area contributed by atoms with Gasteiger partial charge in [-0.3, -0.25) is 4.79 Å². The number of methoxy groups -OCH3 is 1. The molecule has 1 amide bonds. The molecule has 0 radical (unpaired) electrons. The number of amides is 1. The molecule has 2 N–H and O–H groups in total. The predicted octanol–water partition coefficient (Wildman–Crippen LogP) is 1.39. The van der Waals surface area contributed by atoms with Crippen LogP contribution >= 0.6 is 0 Å². The van der Waals surface area contributed by atoms with E-state index in [4.69, 9.17) is 10.5 Å². The third-order valence-electron chi connectivity index (χ3n) is 3.83. The Labute approximate surface area is 104 Å². The molecule has 1 fully saturated rings. The second-order valence-electron chi connectivity index (χ2n) is 5.28. The molecule has 4 heteroatoms. The van der Waals surface area contributed by atoms with Crippen LogP contribution in [0.25, 0.3) is 0 Å². The summed E-state index contributed by atoms with van der Waals surface area (Å²) in [6.07, 6.45) is 4.13. The summed E-state index contributed by atoms with van der Waals surface area (Å²) in [5.74, 6) is 0.226. The second-order valence-corrected chi connectivity index (χ2v) is 5.28. The average Bonchev–Trinajstić information content (AvgIpc) is 2.78. The van der Waals surface area contributed by atoms with E-state index in [9.17, 15) is 4.79 Å². The molecule has 1 aliphatic carbocycles. The monoisotopic (exact) mass is 242 g/mol. The lowest BCUT2D eigenvalue weighted by Gasteiger charge is -2.36. The van der Waals surface area contributed by atoms with E-state index < -0.39 is 0 Å². The number of rotatable bonds is 6. The lowest BCUT2D eigenvalue weighted by molar-refractivity contribution is -0.144. The quantitative estimate of drug-likeness (QED) is 0.765. The van der Waals surface area contributed by atoms with Crippen molar-refractivity contribution in [1.82, 2.24) is 4.90 Å². The summed E-state index contributed by atoms with van der Waals surface area (Å²) in [6.45, 7) is 5.82. The van der Waals surface area contributed by atoms with Crippen LogP contribution in [0.15, 0.2) is 0 Å². The maximum Gasteiger partial charge on any atom is 0.230 e. The fraction of sp³-hybridized carbons (Fsp3) is 0.923. The van der Waals surface area contributed by atoms with Crippen LogP contribution in [0.4, 0.5) is 0 Å². The Balaban J connectivity index is 2.75. The molecule has 0 spiro atoms. The van der Waals surface area contributed by atoms with Gasteiger partial charge in [-0.1, -0.05) is 12.8 Å². The maximum absolute atomic E-state index is 12.6. The molecule has 1 aliphatic rings. The standard InChI is InChI=1S/C13H26N2O2/c1-11(2)15(8-9-17-3)12(16)13(10-14)6-4-5-7-13/h11H,4-10,14H2,1-3H3. The first-order valence-corrected chi connectivity index (χ1v) is 6.57. The first kappa shape index (κ1) is 14.5. The van der Waals surface area contributed by atoms with Gasteiger partial charge in [-0.15, -0.1) is 0 Å². The number of carbonyl (C=O) groups is 1. The smallest absolute Gasteiger partial charge is 0.230 e. The van der Waals surface area contributed by atoms with Crippen molar-refractivity contribution in [1.29, 1.82) is 0 Å². The van der Waals surface area contributed by atoms with Gasteiger partial charge in [-0.2, -0.15) is 0 Å². The van der Waals surface area contributed by atoms with Gasteiger partial charge in [0.15, 0.2) is 0 Å². The molecule has 1 rings (SSSR count). The minimum atomic E-state index is -0.294. The fourth-order valence-electron chi connectivity index (χ4n) is 2.65. The molecule has 0 bridgehead atoms. The number of carbonyl (C=O) groups excluding carboxylic acids is 1. The van der Waals surface area contributed by atoms with E-state index in [1.807, 2.05) is 18.7 Å². The molecular formula is C13H26N2O2. The van der Waals surface area contributed by atoms with E-state index in [1.54, 1.807) is 7.11 Å². The topological polar surface area (TPSA) is 55.6 Å². The van der Waals surface area contributed by atoms with Gasteiger partial charge in [0, 0.05) is 26.2 Å². The minimum absolute atomic E-state index is 0.210. The molecule has 0 heterocycles. The van der Waals surface area contributed by atoms with Crippen LogP contribution in [0.5, 0.6) is 0 Å². The van der Waals surface area contributed by atoms with Crippen molar-refractivity contribution in [2.45, 2.75) is 45.6 Å². The van der Waals surface area contributed by atoms with E-state index in [0.29, 0.717) is 19.7 Å². The summed E-state index contributed by atoms with van der Waals surface area (Å²) in [6, 6.07) is 0.210. The van der Waals surface area contributed by atoms with Gasteiger partial charge in [-0.05, 0) is 26.7 Å². The molecule has 1 saturated carbocycles. The number of hydrogen-bond acceptors (Lipinski definition) is 3. The molecule has 0 saturated heterocycles. The molecule has 0 atom stereocenters. The Morgan fingerprint density at radius 3 is 2.41 bits per heavy atom. The first-order valence-electron chi connectivity index (χ1n) is 6.57. The molecule has 100 valence electrons. The Morgan fingerprint density at radius 2 is 2.00 bits per heavy atom. The van der Waals surface area contributed by atoms with E-state index in [-0.39, 0.29) is 17.4 Å². The Bertz CT molecular complexity index is 248. The van der Waals surface area contributed by atoms with Crippen LogP contribution in [-0.2, 0) is 9.53 Å². The largest absolute Gasteiger partial charge is 0.383 e. The van der Waals surface area contributed by atoms with Gasteiger partial charge in [0.2, 0.25) is 5.91 Å². The van der Waals surface area contributed by atoms with Gasteiger partial charge in [0.25, 0.3) is 0 Å². The summed E-state index contributed by atoms with van der Waals surface area (Å²) in [5.41, 5.74) is 5.56. The van der Waals surface area contributed by atoms with Crippen LogP contribution in [0.3, 0.4) is 0 Å². The summed E-state index contributed by atoms with van der Waals surface area (Å²) < 4.78 is 5.08. The zero-order chi connectivity index (χ0) is 12.9. The molecule has 17 heavy (non-hydrogen) atoms. The summed E-state index contributed by atoms with van der Waals surface area (Å²) in [5, 5.41) is 0. The number of nitrogens with two attached hydrogens (primary N) is 1. The molecule has 0 aromatic carbocycles. The van der Waals surface area contributed by atoms with Crippen LogP contribution in [0, 0.1) is 5.41 Å². The Morgan fingerprint density at radius 1 is 1.41 bits per heavy atom. The highest BCUT2D eigenvalue weighted by Crippen LogP contribution is 2.39. The lowest BCUT2D eigenvalue weighted by Crippen LogP contribution is -2.50. The highest BCUT2D eigenvalue weighted by Gasteiger charge is 2.42. The summed E-state index contributed by atoms with van der Waals surface area (Å²) in [7, 11) is 1.66. The van der Waals surface area contributed by atoms with Crippen molar-refractivity contribution in [2.75, 3.05) is 26.8 Å². The molecule has 4 nitrogen and oxygen atoms in total. The van der Waals surface area contributed by atoms with Crippen molar-refractivity contribution in [3.63, 3.8) is 0 Å². The van der Waals surface area contributed by atoms with Crippen LogP contribution in [0.2, 0.25) is 0 Å². The maximum atomic E-state index is 12.6. The van der Waals surface area contributed by atoms with Gasteiger partial charge in [-0.25, -0.2) is 0 Å². The Kier molecular flexibility index (Phi) is 5.40. The minimum Gasteiger partial charge on any atom is -0.383 e. The fourth-order valence-corrected chi connectivity index (χ4v) is 2.65. The highest BCUT2D eigenvalue weighted by molar-refractivity contribution is 5.83. The van der Waals surface area contributed by atoms with Crippen molar-refractivity contribution < 1.29 is 9.53 Å². The third kappa shape index (κ3) is 3.19. The van der Waals surface area contributed by atoms with Gasteiger partial charge in [0.05, 0.1) is 12.0 Å². The van der Waals surface area contributed by atoms with Crippen LogP contribution in [-0.4, -0.2) is 43.7 Å². The van der Waals surface area contributed by atoms with Gasteiger partial charge < -0.3 is 15.4 Å². The van der Waals surface area contributed by atoms with Crippen LogP contribution < -0.4 is 5.73 Å². The second kappa shape index (κ2) is 6.36. The molecule has 0 aromatic rings. The van der Waals surface area contributed by atoms with Gasteiger partial charge >= 0.3 is 0 Å². The van der Waals surface area contributed by atoms with E-state index in [0.717, 1.165) is 25.7 Å². The summed E-state index contributed by atoms with van der Waals surface area (Å²) >= 11 is 0. The average molecular weight is 242 g/mol. The zero-order valence-electron chi connectivity index (χ0n) is 11.4. The highest BCUT2D eigenvalue weighted by atomic mass is 16.5. The number of ether oxygens (including phenoxy) is 1. The van der Waals surface area contributed by atoms with E-state index in [2.05, 4.69) is 0 Å². The SMILES string of the molecule is COCCN(C(=O)C1(CN)CCCC1)C(C)C. The molecular weight excluding hydrogens is 216 g/mol. The van der Waals surface area contributed by atoms with Crippen molar-refractivity contribution >= 4 is 5.91 Å². The van der Waals surface area contributed by atoms with E-state index >= 15 is 0 Å². The zero-order valence-corrected chi connectivity index (χ0v) is 11.4. The Hall–Kier alpha value is -0.610. The first-order chi connectivity index (χ1) is 8.07. The number of nitrogens with zero attached hydrogens (tertiary/aromatic N) is 1. The van der Waals surface area contributed by atoms with Crippen molar-refractivity contribution in [3.05, 3.63) is 0 Å². The lowest BCUT2D eigenvalue weighted by atomic mass is 9.84. The molecule has 0 aliphatic heterocycles. The van der Waals surface area contributed by atoms with Crippen molar-refractivity contribution in [2.24, 2.45) is 11.1 Å². The predicted molar refractivity (Wildman–Crippen MR) is 68.7 cm³/mol. The summed E-state index contributed by atoms with van der Waals surface area (Å²) in [4.78, 5) is 14.6. The molecule has 0 aromatic heterocycles. The molecule has 0 unspecified atom stereocenters. The third-order valence-corrected chi connectivity index (χ3v) is 3.83. The number of hydrogen-bond donors (Lipinski definition) is 1. The van der Waals surface area contributed by atoms with E-state index in [1.165, 1.54) is 0 Å².